The molecule has 1 saturated heterocycles. The molecule has 1 aromatic rings. The third-order valence-electron chi connectivity index (χ3n) is 4.80. The lowest BCUT2D eigenvalue weighted by Crippen LogP contribution is -2.42. The van der Waals surface area contributed by atoms with Crippen LogP contribution in [0, 0.1) is 12.8 Å². The summed E-state index contributed by atoms with van der Waals surface area (Å²) < 4.78 is 7.66. The van der Waals surface area contributed by atoms with Crippen molar-refractivity contribution in [3.05, 3.63) is 11.6 Å². The third kappa shape index (κ3) is 7.08. The van der Waals surface area contributed by atoms with E-state index in [0.717, 1.165) is 50.1 Å². The lowest BCUT2D eigenvalue weighted by Gasteiger charge is -2.18. The number of aryl methyl sites for hydroxylation is 1. The van der Waals surface area contributed by atoms with E-state index in [-0.39, 0.29) is 24.0 Å². The average molecular weight is 464 g/mol. The monoisotopic (exact) mass is 464 g/mol. The van der Waals surface area contributed by atoms with Gasteiger partial charge in [0.1, 0.15) is 12.4 Å². The number of hydrogen-bond donors (Lipinski definition) is 2. The van der Waals surface area contributed by atoms with Crippen molar-refractivity contribution in [1.29, 1.82) is 0 Å². The molecule has 0 saturated carbocycles. The first-order valence-corrected chi connectivity index (χ1v) is 9.12. The molecule has 1 unspecified atom stereocenters. The summed E-state index contributed by atoms with van der Waals surface area (Å²) in [6, 6.07) is 0. The molecule has 2 heterocycles. The number of aliphatic imine (C=N–C) groups is 1. The topological polar surface area (TPSA) is 76.4 Å². The van der Waals surface area contributed by atoms with Crippen LogP contribution in [0.2, 0.25) is 0 Å². The van der Waals surface area contributed by atoms with E-state index in [4.69, 9.17) is 4.74 Å². The number of rotatable bonds is 8. The maximum atomic E-state index is 5.68. The fourth-order valence-corrected chi connectivity index (χ4v) is 2.75. The highest BCUT2D eigenvalue weighted by Crippen LogP contribution is 2.10. The van der Waals surface area contributed by atoms with Crippen LogP contribution < -0.4 is 10.6 Å². The molecule has 0 spiro atoms. The van der Waals surface area contributed by atoms with E-state index in [1.165, 1.54) is 12.8 Å². The smallest absolute Gasteiger partial charge is 0.191 e. The van der Waals surface area contributed by atoms with Crippen LogP contribution in [-0.2, 0) is 18.3 Å². The molecule has 8 heteroatoms. The van der Waals surface area contributed by atoms with Gasteiger partial charge >= 0.3 is 0 Å². The summed E-state index contributed by atoms with van der Waals surface area (Å²) >= 11 is 0. The average Bonchev–Trinajstić information content (AvgIpc) is 3.22. The van der Waals surface area contributed by atoms with Crippen molar-refractivity contribution < 1.29 is 4.74 Å². The van der Waals surface area contributed by atoms with Gasteiger partial charge in [-0.05, 0) is 25.7 Å². The first kappa shape index (κ1) is 22.1. The SMILES string of the molecule is CCC(CC)CNC(=NCc1nnc(C)n1C)NCC1CCCO1.I. The van der Waals surface area contributed by atoms with Gasteiger partial charge in [-0.3, -0.25) is 0 Å². The Labute approximate surface area is 168 Å². The maximum absolute atomic E-state index is 5.68. The van der Waals surface area contributed by atoms with Crippen molar-refractivity contribution in [2.75, 3.05) is 19.7 Å². The molecule has 0 bridgehead atoms. The Kier molecular flexibility index (Phi) is 10.3. The van der Waals surface area contributed by atoms with Crippen LogP contribution in [0.4, 0.5) is 0 Å². The second kappa shape index (κ2) is 11.7. The van der Waals surface area contributed by atoms with Crippen LogP contribution in [0.5, 0.6) is 0 Å². The highest BCUT2D eigenvalue weighted by Gasteiger charge is 2.16. The Morgan fingerprint density at radius 3 is 2.64 bits per heavy atom. The van der Waals surface area contributed by atoms with Gasteiger partial charge in [-0.15, -0.1) is 34.2 Å². The summed E-state index contributed by atoms with van der Waals surface area (Å²) in [4.78, 5) is 4.69. The molecular formula is C17H33IN6O. The van der Waals surface area contributed by atoms with Crippen LogP contribution in [-0.4, -0.2) is 46.5 Å². The minimum absolute atomic E-state index is 0. The molecule has 2 rings (SSSR count). The molecule has 0 radical (unpaired) electrons. The lowest BCUT2D eigenvalue weighted by atomic mass is 10.0. The largest absolute Gasteiger partial charge is 0.376 e. The number of halogens is 1. The number of aromatic nitrogens is 3. The van der Waals surface area contributed by atoms with Gasteiger partial charge in [0.05, 0.1) is 6.10 Å². The molecule has 144 valence electrons. The van der Waals surface area contributed by atoms with Gasteiger partial charge in [0.15, 0.2) is 11.8 Å². The summed E-state index contributed by atoms with van der Waals surface area (Å²) in [5.41, 5.74) is 0. The fraction of sp³-hybridized carbons (Fsp3) is 0.824. The molecule has 2 N–H and O–H groups in total. The van der Waals surface area contributed by atoms with E-state index in [9.17, 15) is 0 Å². The number of nitrogens with zero attached hydrogens (tertiary/aromatic N) is 4. The number of hydrogen-bond acceptors (Lipinski definition) is 4. The van der Waals surface area contributed by atoms with E-state index in [2.05, 4.69) is 39.7 Å². The molecular weight excluding hydrogens is 431 g/mol. The van der Waals surface area contributed by atoms with Crippen LogP contribution in [0.3, 0.4) is 0 Å². The molecule has 0 aliphatic carbocycles. The highest BCUT2D eigenvalue weighted by atomic mass is 127. The molecule has 7 nitrogen and oxygen atoms in total. The van der Waals surface area contributed by atoms with Gasteiger partial charge in [0.2, 0.25) is 0 Å². The third-order valence-corrected chi connectivity index (χ3v) is 4.80. The molecule has 1 atom stereocenters. The fourth-order valence-electron chi connectivity index (χ4n) is 2.75. The second-order valence-electron chi connectivity index (χ2n) is 6.47. The summed E-state index contributed by atoms with van der Waals surface area (Å²) in [7, 11) is 1.97. The summed E-state index contributed by atoms with van der Waals surface area (Å²) in [6.07, 6.45) is 4.91. The summed E-state index contributed by atoms with van der Waals surface area (Å²) in [5, 5.41) is 15.2. The molecule has 0 aromatic carbocycles. The Balaban J connectivity index is 0.00000312. The number of ether oxygens (including phenoxy) is 1. The van der Waals surface area contributed by atoms with Gasteiger partial charge < -0.3 is 19.9 Å². The van der Waals surface area contributed by atoms with E-state index in [0.29, 0.717) is 18.6 Å². The number of guanidine groups is 1. The van der Waals surface area contributed by atoms with Gasteiger partial charge in [0.25, 0.3) is 0 Å². The van der Waals surface area contributed by atoms with Crippen molar-refractivity contribution in [1.82, 2.24) is 25.4 Å². The van der Waals surface area contributed by atoms with Crippen molar-refractivity contribution in [3.8, 4) is 0 Å². The van der Waals surface area contributed by atoms with Crippen molar-refractivity contribution in [2.45, 2.75) is 59.1 Å². The van der Waals surface area contributed by atoms with Gasteiger partial charge in [-0.25, -0.2) is 4.99 Å². The van der Waals surface area contributed by atoms with Crippen molar-refractivity contribution in [3.63, 3.8) is 0 Å². The molecule has 1 aliphatic heterocycles. The van der Waals surface area contributed by atoms with Crippen LogP contribution >= 0.6 is 24.0 Å². The Bertz CT molecular complexity index is 515. The van der Waals surface area contributed by atoms with Crippen LogP contribution in [0.1, 0.15) is 51.2 Å². The minimum Gasteiger partial charge on any atom is -0.376 e. The standard InChI is InChI=1S/C17H32N6O.HI/c1-5-14(6-2)10-18-17(19-11-15-8-7-9-24-15)20-12-16-22-21-13(3)23(16)4;/h14-15H,5-12H2,1-4H3,(H2,18,19,20);1H. The molecule has 1 aromatic heterocycles. The van der Waals surface area contributed by atoms with Crippen LogP contribution in [0.25, 0.3) is 0 Å². The van der Waals surface area contributed by atoms with E-state index in [1.54, 1.807) is 0 Å². The lowest BCUT2D eigenvalue weighted by molar-refractivity contribution is 0.113. The normalized spacial score (nSPS) is 17.6. The van der Waals surface area contributed by atoms with Gasteiger partial charge in [-0.2, -0.15) is 0 Å². The predicted octanol–water partition coefficient (Wildman–Crippen LogP) is 2.39. The Morgan fingerprint density at radius 1 is 1.32 bits per heavy atom. The highest BCUT2D eigenvalue weighted by molar-refractivity contribution is 14.0. The van der Waals surface area contributed by atoms with Gasteiger partial charge in [0, 0.05) is 26.7 Å². The maximum Gasteiger partial charge on any atom is 0.191 e. The first-order chi connectivity index (χ1) is 11.6. The van der Waals surface area contributed by atoms with Gasteiger partial charge in [-0.1, -0.05) is 26.7 Å². The summed E-state index contributed by atoms with van der Waals surface area (Å²) in [6.45, 7) is 9.53. The Morgan fingerprint density at radius 2 is 2.08 bits per heavy atom. The zero-order valence-electron chi connectivity index (χ0n) is 15.9. The van der Waals surface area contributed by atoms with Crippen molar-refractivity contribution >= 4 is 29.9 Å². The van der Waals surface area contributed by atoms with E-state index < -0.39 is 0 Å². The molecule has 25 heavy (non-hydrogen) atoms. The molecule has 1 fully saturated rings. The summed E-state index contributed by atoms with van der Waals surface area (Å²) in [5.74, 6) is 3.27. The minimum atomic E-state index is 0. The van der Waals surface area contributed by atoms with Crippen LogP contribution in [0.15, 0.2) is 4.99 Å². The predicted molar refractivity (Wildman–Crippen MR) is 111 cm³/mol. The molecule has 0 amide bonds. The number of nitrogens with one attached hydrogen (secondary N) is 2. The molecule has 1 aliphatic rings. The quantitative estimate of drug-likeness (QED) is 0.351. The Hall–Kier alpha value is -0.900. The first-order valence-electron chi connectivity index (χ1n) is 9.12. The van der Waals surface area contributed by atoms with E-state index >= 15 is 0 Å². The second-order valence-corrected chi connectivity index (χ2v) is 6.47. The zero-order valence-corrected chi connectivity index (χ0v) is 18.2. The zero-order chi connectivity index (χ0) is 17.4. The van der Waals surface area contributed by atoms with E-state index in [1.807, 2.05) is 18.5 Å². The van der Waals surface area contributed by atoms with Crippen molar-refractivity contribution in [2.24, 2.45) is 18.0 Å².